The Morgan fingerprint density at radius 2 is 2.38 bits per heavy atom. The molecule has 1 fully saturated rings. The fraction of sp³-hybridized carbons (Fsp3) is 0.556. The van der Waals surface area contributed by atoms with Crippen molar-refractivity contribution < 1.29 is 0 Å². The Labute approximate surface area is 91.5 Å². The zero-order valence-corrected chi connectivity index (χ0v) is 9.76. The summed E-state index contributed by atoms with van der Waals surface area (Å²) in [5.74, 6) is 3.76. The molecule has 0 radical (unpaired) electrons. The molecule has 1 aliphatic heterocycles. The van der Waals surface area contributed by atoms with Crippen LogP contribution in [0.5, 0.6) is 0 Å². The van der Waals surface area contributed by atoms with Gasteiger partial charge in [-0.3, -0.25) is 0 Å². The molecular weight excluding hydrogens is 218 g/mol. The molecule has 4 heteroatoms. The molecule has 1 aromatic heterocycles. The van der Waals surface area contributed by atoms with Crippen LogP contribution in [0.3, 0.4) is 0 Å². The fourth-order valence-electron chi connectivity index (χ4n) is 1.38. The van der Waals surface area contributed by atoms with Crippen molar-refractivity contribution in [2.45, 2.75) is 11.3 Å². The van der Waals surface area contributed by atoms with E-state index < -0.39 is 0 Å². The first kappa shape index (κ1) is 9.90. The molecule has 0 bridgehead atoms. The van der Waals surface area contributed by atoms with E-state index in [4.69, 9.17) is 5.73 Å². The van der Waals surface area contributed by atoms with Crippen molar-refractivity contribution in [3.63, 3.8) is 0 Å². The van der Waals surface area contributed by atoms with Crippen molar-refractivity contribution in [1.29, 1.82) is 0 Å². The lowest BCUT2D eigenvalue weighted by Crippen LogP contribution is -2.27. The van der Waals surface area contributed by atoms with Gasteiger partial charge < -0.3 is 5.73 Å². The van der Waals surface area contributed by atoms with Crippen molar-refractivity contribution >= 4 is 34.9 Å². The lowest BCUT2D eigenvalue weighted by Gasteiger charge is -2.25. The van der Waals surface area contributed by atoms with Crippen LogP contribution in [0.1, 0.15) is 10.9 Å². The highest BCUT2D eigenvalue weighted by Crippen LogP contribution is 2.33. The molecule has 0 spiro atoms. The van der Waals surface area contributed by atoms with E-state index in [-0.39, 0.29) is 6.04 Å². The molecule has 2 rings (SSSR count). The van der Waals surface area contributed by atoms with E-state index in [9.17, 15) is 0 Å². The summed E-state index contributed by atoms with van der Waals surface area (Å²) in [4.78, 5) is 1.33. The second-order valence-corrected chi connectivity index (χ2v) is 6.50. The van der Waals surface area contributed by atoms with Gasteiger partial charge in [0, 0.05) is 27.4 Å². The first-order chi connectivity index (χ1) is 6.38. The molecule has 0 amide bonds. The summed E-state index contributed by atoms with van der Waals surface area (Å²) in [6.07, 6.45) is 0. The molecule has 2 atom stereocenters. The number of nitrogens with two attached hydrogens (primary N) is 1. The van der Waals surface area contributed by atoms with Gasteiger partial charge in [0.15, 0.2) is 0 Å². The van der Waals surface area contributed by atoms with E-state index >= 15 is 0 Å². The van der Waals surface area contributed by atoms with Crippen molar-refractivity contribution in [3.05, 3.63) is 22.4 Å². The van der Waals surface area contributed by atoms with Crippen LogP contribution >= 0.6 is 34.9 Å². The Hall–Kier alpha value is 0.360. The highest BCUT2D eigenvalue weighted by atomic mass is 32.2. The van der Waals surface area contributed by atoms with Gasteiger partial charge in [-0.1, -0.05) is 6.07 Å². The van der Waals surface area contributed by atoms with Crippen LogP contribution in [0, 0.1) is 0 Å². The van der Waals surface area contributed by atoms with Crippen molar-refractivity contribution in [2.24, 2.45) is 5.73 Å². The van der Waals surface area contributed by atoms with Crippen LogP contribution in [0.2, 0.25) is 0 Å². The Bertz CT molecular complexity index is 241. The van der Waals surface area contributed by atoms with Gasteiger partial charge in [-0.2, -0.15) is 23.5 Å². The zero-order valence-electron chi connectivity index (χ0n) is 7.31. The molecule has 0 aliphatic carbocycles. The third-order valence-corrected chi connectivity index (χ3v) is 5.97. The van der Waals surface area contributed by atoms with E-state index in [0.717, 1.165) is 0 Å². The van der Waals surface area contributed by atoms with Gasteiger partial charge in [-0.15, -0.1) is 11.3 Å². The highest BCUT2D eigenvalue weighted by molar-refractivity contribution is 8.06. The average molecular weight is 231 g/mol. The van der Waals surface area contributed by atoms with Gasteiger partial charge in [-0.05, 0) is 11.4 Å². The monoisotopic (exact) mass is 231 g/mol. The Balaban J connectivity index is 1.99. The molecule has 1 nitrogen and oxygen atoms in total. The minimum absolute atomic E-state index is 0.248. The molecule has 13 heavy (non-hydrogen) atoms. The summed E-state index contributed by atoms with van der Waals surface area (Å²) in [5.41, 5.74) is 6.19. The normalized spacial score (nSPS) is 25.8. The predicted octanol–water partition coefficient (Wildman–Crippen LogP) is 2.60. The minimum atomic E-state index is 0.248. The first-order valence-corrected chi connectivity index (χ1v) is 7.44. The van der Waals surface area contributed by atoms with Gasteiger partial charge >= 0.3 is 0 Å². The van der Waals surface area contributed by atoms with Crippen LogP contribution in [0.25, 0.3) is 0 Å². The van der Waals surface area contributed by atoms with Crippen molar-refractivity contribution in [2.75, 3.05) is 17.3 Å². The lowest BCUT2D eigenvalue weighted by atomic mass is 10.2. The second-order valence-electron chi connectivity index (χ2n) is 3.03. The number of rotatable bonds is 2. The first-order valence-electron chi connectivity index (χ1n) is 4.36. The number of thiophene rings is 1. The van der Waals surface area contributed by atoms with E-state index in [1.807, 2.05) is 23.5 Å². The van der Waals surface area contributed by atoms with E-state index in [2.05, 4.69) is 17.5 Å². The smallest absolute Gasteiger partial charge is 0.0518 e. The van der Waals surface area contributed by atoms with Crippen LogP contribution in [-0.2, 0) is 0 Å². The topological polar surface area (TPSA) is 26.0 Å². The third kappa shape index (κ3) is 2.43. The maximum atomic E-state index is 6.19. The van der Waals surface area contributed by atoms with Gasteiger partial charge in [-0.25, -0.2) is 0 Å². The Morgan fingerprint density at radius 3 is 3.00 bits per heavy atom. The highest BCUT2D eigenvalue weighted by Gasteiger charge is 2.23. The summed E-state index contributed by atoms with van der Waals surface area (Å²) in [6.45, 7) is 0. The maximum Gasteiger partial charge on any atom is 0.0518 e. The quantitative estimate of drug-likeness (QED) is 0.847. The van der Waals surface area contributed by atoms with Gasteiger partial charge in [0.05, 0.1) is 6.04 Å². The largest absolute Gasteiger partial charge is 0.322 e. The van der Waals surface area contributed by atoms with Gasteiger partial charge in [0.2, 0.25) is 0 Å². The predicted molar refractivity (Wildman–Crippen MR) is 64.8 cm³/mol. The molecule has 2 unspecified atom stereocenters. The van der Waals surface area contributed by atoms with Crippen molar-refractivity contribution in [3.8, 4) is 0 Å². The molecule has 2 heterocycles. The van der Waals surface area contributed by atoms with E-state index in [1.165, 1.54) is 22.1 Å². The second kappa shape index (κ2) is 4.73. The van der Waals surface area contributed by atoms with Crippen LogP contribution in [0.4, 0.5) is 0 Å². The molecule has 2 N–H and O–H groups in total. The molecule has 0 aromatic carbocycles. The summed E-state index contributed by atoms with van der Waals surface area (Å²) in [7, 11) is 0. The summed E-state index contributed by atoms with van der Waals surface area (Å²) in [5, 5.41) is 2.73. The summed E-state index contributed by atoms with van der Waals surface area (Å²) in [6, 6.07) is 4.48. The average Bonchev–Trinajstić information content (AvgIpc) is 2.71. The van der Waals surface area contributed by atoms with Crippen LogP contribution in [-0.4, -0.2) is 22.5 Å². The zero-order chi connectivity index (χ0) is 9.10. The minimum Gasteiger partial charge on any atom is -0.322 e. The number of hydrogen-bond donors (Lipinski definition) is 1. The van der Waals surface area contributed by atoms with Gasteiger partial charge in [0.25, 0.3) is 0 Å². The van der Waals surface area contributed by atoms with Crippen molar-refractivity contribution in [1.82, 2.24) is 0 Å². The van der Waals surface area contributed by atoms with E-state index in [1.54, 1.807) is 11.3 Å². The number of thioether (sulfide) groups is 2. The third-order valence-electron chi connectivity index (χ3n) is 2.11. The lowest BCUT2D eigenvalue weighted by molar-refractivity contribution is 0.734. The summed E-state index contributed by atoms with van der Waals surface area (Å²) < 4.78 is 0. The number of hydrogen-bond acceptors (Lipinski definition) is 4. The maximum absolute atomic E-state index is 6.19. The molecule has 0 saturated carbocycles. The Morgan fingerprint density at radius 1 is 1.46 bits per heavy atom. The van der Waals surface area contributed by atoms with Crippen LogP contribution in [0.15, 0.2) is 17.5 Å². The molecule has 1 saturated heterocycles. The fourth-order valence-corrected chi connectivity index (χ4v) is 5.05. The van der Waals surface area contributed by atoms with Gasteiger partial charge in [0.1, 0.15) is 0 Å². The molecule has 1 aromatic rings. The SMILES string of the molecule is NC(c1cccs1)C1CSCCS1. The van der Waals surface area contributed by atoms with E-state index in [0.29, 0.717) is 5.25 Å². The summed E-state index contributed by atoms with van der Waals surface area (Å²) >= 11 is 5.84. The van der Waals surface area contributed by atoms with Crippen LogP contribution < -0.4 is 5.73 Å². The Kier molecular flexibility index (Phi) is 3.60. The molecule has 1 aliphatic rings. The standard InChI is InChI=1S/C9H13NS3/c10-9(7-2-1-3-12-7)8-6-11-4-5-13-8/h1-3,8-9H,4-6,10H2. The molecular formula is C9H13NS3. The molecule has 72 valence electrons.